The molecular formula is C35H42O4. The van der Waals surface area contributed by atoms with Gasteiger partial charge in [-0.2, -0.15) is 0 Å². The van der Waals surface area contributed by atoms with Gasteiger partial charge in [-0.25, -0.2) is 9.59 Å². The summed E-state index contributed by atoms with van der Waals surface area (Å²) in [4.78, 5) is 23.7. The lowest BCUT2D eigenvalue weighted by Gasteiger charge is -2.18. The molecule has 0 bridgehead atoms. The maximum Gasteiger partial charge on any atom is 0.333 e. The van der Waals surface area contributed by atoms with Crippen LogP contribution in [-0.2, 0) is 31.9 Å². The Morgan fingerprint density at radius 2 is 1.03 bits per heavy atom. The van der Waals surface area contributed by atoms with E-state index in [1.54, 1.807) is 13.8 Å². The minimum absolute atomic E-state index is 0. The molecular weight excluding hydrogens is 484 g/mol. The first-order chi connectivity index (χ1) is 18.3. The highest BCUT2D eigenvalue weighted by Gasteiger charge is 2.17. The van der Waals surface area contributed by atoms with Crippen molar-refractivity contribution in [1.82, 2.24) is 0 Å². The molecule has 0 fully saturated rings. The van der Waals surface area contributed by atoms with E-state index in [-0.39, 0.29) is 26.6 Å². The first kappa shape index (κ1) is 31.3. The van der Waals surface area contributed by atoms with Crippen molar-refractivity contribution < 1.29 is 19.1 Å². The van der Waals surface area contributed by atoms with Crippen LogP contribution in [0.5, 0.6) is 0 Å². The van der Waals surface area contributed by atoms with E-state index in [4.69, 9.17) is 9.47 Å². The van der Waals surface area contributed by atoms with Gasteiger partial charge in [0, 0.05) is 17.1 Å². The molecule has 0 spiro atoms. The van der Waals surface area contributed by atoms with Crippen LogP contribution in [0, 0.1) is 5.92 Å². The first-order valence-electron chi connectivity index (χ1n) is 13.2. The number of ether oxygens (including phenoxy) is 2. The molecule has 0 radical (unpaired) electrons. The number of carbonyl (C=O) groups is 2. The molecule has 0 aromatic heterocycles. The van der Waals surface area contributed by atoms with Crippen LogP contribution in [0.4, 0.5) is 0 Å². The van der Waals surface area contributed by atoms with Crippen molar-refractivity contribution in [3.8, 4) is 22.3 Å². The lowest BCUT2D eigenvalue weighted by molar-refractivity contribution is -0.144. The topological polar surface area (TPSA) is 52.6 Å². The Balaban J connectivity index is 0.00000533. The first-order valence-corrected chi connectivity index (χ1v) is 13.2. The van der Waals surface area contributed by atoms with Gasteiger partial charge in [0.2, 0.25) is 0 Å². The van der Waals surface area contributed by atoms with Crippen LogP contribution in [0.25, 0.3) is 22.3 Å². The summed E-state index contributed by atoms with van der Waals surface area (Å²) in [7, 11) is 0. The number of hydrogen-bond donors (Lipinski definition) is 0. The third-order valence-electron chi connectivity index (χ3n) is 6.40. The van der Waals surface area contributed by atoms with E-state index in [9.17, 15) is 9.59 Å². The highest BCUT2D eigenvalue weighted by Crippen LogP contribution is 2.26. The van der Waals surface area contributed by atoms with Gasteiger partial charge in [-0.15, -0.1) is 0 Å². The second kappa shape index (κ2) is 15.5. The van der Waals surface area contributed by atoms with Crippen LogP contribution in [0.15, 0.2) is 97.1 Å². The molecule has 0 amide bonds. The molecule has 39 heavy (non-hydrogen) atoms. The average Bonchev–Trinajstić information content (AvgIpc) is 2.93. The van der Waals surface area contributed by atoms with Gasteiger partial charge < -0.3 is 9.47 Å². The van der Waals surface area contributed by atoms with E-state index < -0.39 is 11.9 Å². The third-order valence-corrected chi connectivity index (χ3v) is 6.40. The molecule has 0 saturated carbocycles. The van der Waals surface area contributed by atoms with Crippen molar-refractivity contribution in [3.05, 3.63) is 108 Å². The summed E-state index contributed by atoms with van der Waals surface area (Å²) < 4.78 is 10.7. The molecule has 0 heterocycles. The molecule has 0 aliphatic heterocycles. The van der Waals surface area contributed by atoms with Crippen LogP contribution in [-0.4, -0.2) is 25.2 Å². The maximum absolute atomic E-state index is 11.9. The van der Waals surface area contributed by atoms with Crippen molar-refractivity contribution >= 4 is 11.9 Å². The summed E-state index contributed by atoms with van der Waals surface area (Å²) in [5, 5.41) is 0. The van der Waals surface area contributed by atoms with Crippen LogP contribution in [0.3, 0.4) is 0 Å². The molecule has 4 nitrogen and oxygen atoms in total. The van der Waals surface area contributed by atoms with Gasteiger partial charge in [-0.05, 0) is 66.5 Å². The standard InChI is InChI=1S/C34H38O4.CH4/c1-6-7-8-26-9-13-29(14-10-26)31-17-19-32(20-18-31)30-15-11-27(12-16-30)21-28(22-37-33(35)24(2)3)23-38-34(36)25(4)5;/h9-20,28H,2,4,6-8,21-23H2,1,3,5H3;1H4. The quantitative estimate of drug-likeness (QED) is 0.166. The Labute approximate surface area is 234 Å². The van der Waals surface area contributed by atoms with E-state index >= 15 is 0 Å². The van der Waals surface area contributed by atoms with Crippen LogP contribution in [0.2, 0.25) is 0 Å². The second-order valence-corrected chi connectivity index (χ2v) is 9.90. The van der Waals surface area contributed by atoms with Crippen LogP contribution in [0.1, 0.15) is 52.2 Å². The number of aryl methyl sites for hydroxylation is 1. The van der Waals surface area contributed by atoms with Gasteiger partial charge in [-0.1, -0.05) is 107 Å². The number of rotatable bonds is 13. The Morgan fingerprint density at radius 1 is 0.667 bits per heavy atom. The molecule has 3 aromatic carbocycles. The normalized spacial score (nSPS) is 10.5. The summed E-state index contributed by atoms with van der Waals surface area (Å²) in [6.45, 7) is 12.9. The fourth-order valence-electron chi connectivity index (χ4n) is 4.07. The molecule has 206 valence electrons. The lowest BCUT2D eigenvalue weighted by Crippen LogP contribution is -2.23. The number of hydrogen-bond acceptors (Lipinski definition) is 4. The van der Waals surface area contributed by atoms with Crippen molar-refractivity contribution in [2.75, 3.05) is 13.2 Å². The predicted molar refractivity (Wildman–Crippen MR) is 161 cm³/mol. The number of benzene rings is 3. The number of carbonyl (C=O) groups excluding carboxylic acids is 2. The predicted octanol–water partition coefficient (Wildman–Crippen LogP) is 8.40. The van der Waals surface area contributed by atoms with Crippen molar-refractivity contribution in [2.24, 2.45) is 5.92 Å². The number of esters is 2. The summed E-state index contributed by atoms with van der Waals surface area (Å²) in [5.41, 5.74) is 7.80. The Bertz CT molecular complexity index is 1210. The van der Waals surface area contributed by atoms with Gasteiger partial charge in [0.25, 0.3) is 0 Å². The van der Waals surface area contributed by atoms with E-state index in [1.165, 1.54) is 29.5 Å². The summed E-state index contributed by atoms with van der Waals surface area (Å²) >= 11 is 0. The zero-order valence-electron chi connectivity index (χ0n) is 22.8. The average molecular weight is 527 g/mol. The largest absolute Gasteiger partial charge is 0.462 e. The third kappa shape index (κ3) is 9.72. The molecule has 0 saturated heterocycles. The molecule has 0 atom stereocenters. The fraction of sp³-hybridized carbons (Fsp3) is 0.314. The summed E-state index contributed by atoms with van der Waals surface area (Å²) in [6.07, 6.45) is 4.16. The van der Waals surface area contributed by atoms with Crippen LogP contribution < -0.4 is 0 Å². The monoisotopic (exact) mass is 526 g/mol. The number of unbranched alkanes of at least 4 members (excludes halogenated alkanes) is 1. The lowest BCUT2D eigenvalue weighted by atomic mass is 9.96. The van der Waals surface area contributed by atoms with E-state index in [2.05, 4.69) is 92.9 Å². The molecule has 4 heteroatoms. The van der Waals surface area contributed by atoms with Gasteiger partial charge >= 0.3 is 11.9 Å². The Kier molecular flexibility index (Phi) is 12.4. The molecule has 0 aliphatic rings. The van der Waals surface area contributed by atoms with Crippen molar-refractivity contribution in [2.45, 2.75) is 53.9 Å². The molecule has 3 aromatic rings. The summed E-state index contributed by atoms with van der Waals surface area (Å²) in [5.74, 6) is -1.08. The van der Waals surface area contributed by atoms with E-state index in [1.807, 2.05) is 0 Å². The SMILES string of the molecule is C.C=C(C)C(=O)OCC(COC(=O)C(=C)C)Cc1ccc(-c2ccc(-c3ccc(CCCC)cc3)cc2)cc1. The minimum Gasteiger partial charge on any atom is -0.462 e. The maximum atomic E-state index is 11.9. The van der Waals surface area contributed by atoms with Crippen LogP contribution >= 0.6 is 0 Å². The Hall–Kier alpha value is -3.92. The smallest absolute Gasteiger partial charge is 0.333 e. The summed E-state index contributed by atoms with van der Waals surface area (Å²) in [6, 6.07) is 25.8. The second-order valence-electron chi connectivity index (χ2n) is 9.90. The van der Waals surface area contributed by atoms with Gasteiger partial charge in [0.05, 0.1) is 13.2 Å². The molecule has 3 rings (SSSR count). The highest BCUT2D eigenvalue weighted by molar-refractivity contribution is 5.87. The van der Waals surface area contributed by atoms with E-state index in [0.29, 0.717) is 17.6 Å². The minimum atomic E-state index is -0.451. The van der Waals surface area contributed by atoms with Gasteiger partial charge in [-0.3, -0.25) is 0 Å². The van der Waals surface area contributed by atoms with E-state index in [0.717, 1.165) is 23.1 Å². The van der Waals surface area contributed by atoms with Gasteiger partial charge in [0.1, 0.15) is 0 Å². The zero-order chi connectivity index (χ0) is 27.5. The molecule has 0 N–H and O–H groups in total. The molecule has 0 aliphatic carbocycles. The van der Waals surface area contributed by atoms with Crippen molar-refractivity contribution in [3.63, 3.8) is 0 Å². The highest BCUT2D eigenvalue weighted by atomic mass is 16.5. The fourth-order valence-corrected chi connectivity index (χ4v) is 4.07. The van der Waals surface area contributed by atoms with Gasteiger partial charge in [0.15, 0.2) is 0 Å². The Morgan fingerprint density at radius 3 is 1.38 bits per heavy atom. The zero-order valence-corrected chi connectivity index (χ0v) is 22.8. The molecule has 0 unspecified atom stereocenters. The van der Waals surface area contributed by atoms with Crippen molar-refractivity contribution in [1.29, 1.82) is 0 Å².